The number of rotatable bonds is 10. The zero-order chi connectivity index (χ0) is 23.8. The SMILES string of the molecule is CCN(CC)c1c[n+](C)c(N=Nc2ccc(N(Cc3ccccc3)Cc3ccccc3)cc2)s1. The second-order valence-corrected chi connectivity index (χ2v) is 9.17. The normalized spacial score (nSPS) is 11.1. The highest BCUT2D eigenvalue weighted by Crippen LogP contribution is 2.29. The van der Waals surface area contributed by atoms with Crippen LogP contribution in [-0.4, -0.2) is 13.1 Å². The molecule has 6 heteroatoms. The molecule has 174 valence electrons. The van der Waals surface area contributed by atoms with E-state index in [0.717, 1.165) is 42.7 Å². The van der Waals surface area contributed by atoms with Crippen molar-refractivity contribution in [2.24, 2.45) is 17.3 Å². The largest absolute Gasteiger partial charge is 0.410 e. The summed E-state index contributed by atoms with van der Waals surface area (Å²) in [5.74, 6) is 0. The molecule has 0 saturated carbocycles. The quantitative estimate of drug-likeness (QED) is 0.184. The molecule has 0 bridgehead atoms. The average Bonchev–Trinajstić information content (AvgIpc) is 3.25. The van der Waals surface area contributed by atoms with Crippen LogP contribution in [0.3, 0.4) is 0 Å². The van der Waals surface area contributed by atoms with Gasteiger partial charge in [-0.2, -0.15) is 0 Å². The molecule has 0 atom stereocenters. The van der Waals surface area contributed by atoms with E-state index in [0.29, 0.717) is 0 Å². The van der Waals surface area contributed by atoms with Crippen LogP contribution in [0.5, 0.6) is 0 Å². The Morgan fingerprint density at radius 1 is 0.706 bits per heavy atom. The van der Waals surface area contributed by atoms with Crippen LogP contribution in [0.4, 0.5) is 21.5 Å². The Morgan fingerprint density at radius 2 is 1.26 bits per heavy atom. The average molecular weight is 471 g/mol. The molecule has 3 aromatic carbocycles. The van der Waals surface area contributed by atoms with Gasteiger partial charge in [-0.05, 0) is 65.7 Å². The summed E-state index contributed by atoms with van der Waals surface area (Å²) in [7, 11) is 2.02. The first kappa shape index (κ1) is 23.6. The van der Waals surface area contributed by atoms with Crippen LogP contribution in [0.2, 0.25) is 0 Å². The second kappa shape index (κ2) is 11.6. The van der Waals surface area contributed by atoms with E-state index in [1.807, 2.05) is 23.7 Å². The van der Waals surface area contributed by atoms with Crippen molar-refractivity contribution in [1.82, 2.24) is 0 Å². The lowest BCUT2D eigenvalue weighted by molar-refractivity contribution is -0.653. The third-order valence-electron chi connectivity index (χ3n) is 5.78. The summed E-state index contributed by atoms with van der Waals surface area (Å²) >= 11 is 1.67. The van der Waals surface area contributed by atoms with Crippen LogP contribution in [0.25, 0.3) is 0 Å². The van der Waals surface area contributed by atoms with Gasteiger partial charge in [0, 0.05) is 31.9 Å². The van der Waals surface area contributed by atoms with Gasteiger partial charge in [0.2, 0.25) is 0 Å². The Kier molecular flexibility index (Phi) is 8.04. The molecule has 1 heterocycles. The number of azo groups is 1. The van der Waals surface area contributed by atoms with Gasteiger partial charge >= 0.3 is 5.13 Å². The Hall–Kier alpha value is -3.51. The first-order chi connectivity index (χ1) is 16.7. The molecule has 0 saturated heterocycles. The molecule has 4 aromatic rings. The first-order valence-corrected chi connectivity index (χ1v) is 12.6. The second-order valence-electron chi connectivity index (χ2n) is 8.18. The van der Waals surface area contributed by atoms with Gasteiger partial charge in [-0.25, -0.2) is 4.57 Å². The van der Waals surface area contributed by atoms with Crippen molar-refractivity contribution in [3.8, 4) is 0 Å². The lowest BCUT2D eigenvalue weighted by Crippen LogP contribution is -2.26. The predicted molar refractivity (Wildman–Crippen MR) is 142 cm³/mol. The van der Waals surface area contributed by atoms with Crippen LogP contribution in [0.1, 0.15) is 25.0 Å². The molecular formula is C28H32N5S+. The van der Waals surface area contributed by atoms with Gasteiger partial charge in [0.1, 0.15) is 16.9 Å². The third-order valence-corrected chi connectivity index (χ3v) is 6.90. The molecule has 0 spiro atoms. The fourth-order valence-corrected chi connectivity index (χ4v) is 4.93. The molecule has 4 rings (SSSR count). The summed E-state index contributed by atoms with van der Waals surface area (Å²) in [6.45, 7) is 8.00. The summed E-state index contributed by atoms with van der Waals surface area (Å²) in [4.78, 5) is 4.72. The Labute approximate surface area is 206 Å². The molecule has 0 N–H and O–H groups in total. The minimum absolute atomic E-state index is 0.843. The molecule has 5 nitrogen and oxygen atoms in total. The monoisotopic (exact) mass is 470 g/mol. The van der Waals surface area contributed by atoms with Crippen LogP contribution < -0.4 is 14.4 Å². The fourth-order valence-electron chi connectivity index (χ4n) is 3.86. The van der Waals surface area contributed by atoms with Gasteiger partial charge in [-0.15, -0.1) is 0 Å². The Morgan fingerprint density at radius 3 is 1.79 bits per heavy atom. The number of hydrogen-bond acceptors (Lipinski definition) is 5. The van der Waals surface area contributed by atoms with Crippen molar-refractivity contribution in [2.45, 2.75) is 26.9 Å². The molecule has 34 heavy (non-hydrogen) atoms. The van der Waals surface area contributed by atoms with Gasteiger partial charge in [-0.1, -0.05) is 60.7 Å². The highest BCUT2D eigenvalue weighted by atomic mass is 32.1. The smallest absolute Gasteiger partial charge is 0.363 e. The van der Waals surface area contributed by atoms with E-state index in [4.69, 9.17) is 0 Å². The minimum Gasteiger partial charge on any atom is -0.363 e. The van der Waals surface area contributed by atoms with Crippen molar-refractivity contribution in [3.63, 3.8) is 0 Å². The minimum atomic E-state index is 0.843. The van der Waals surface area contributed by atoms with E-state index in [1.165, 1.54) is 16.1 Å². The van der Waals surface area contributed by atoms with E-state index >= 15 is 0 Å². The molecule has 0 amide bonds. The summed E-state index contributed by atoms with van der Waals surface area (Å²) in [6.07, 6.45) is 2.13. The summed E-state index contributed by atoms with van der Waals surface area (Å²) < 4.78 is 2.04. The molecule has 0 unspecified atom stereocenters. The van der Waals surface area contributed by atoms with Gasteiger partial charge in [0.25, 0.3) is 0 Å². The van der Waals surface area contributed by atoms with Crippen molar-refractivity contribution >= 4 is 32.8 Å². The number of hydrogen-bond donors (Lipinski definition) is 0. The van der Waals surface area contributed by atoms with Crippen LogP contribution in [0, 0.1) is 0 Å². The first-order valence-electron chi connectivity index (χ1n) is 11.7. The van der Waals surface area contributed by atoms with E-state index in [-0.39, 0.29) is 0 Å². The topological polar surface area (TPSA) is 35.1 Å². The zero-order valence-corrected chi connectivity index (χ0v) is 20.9. The number of aryl methyl sites for hydroxylation is 1. The van der Waals surface area contributed by atoms with Gasteiger partial charge in [0.05, 0.1) is 12.2 Å². The number of nitrogens with zero attached hydrogens (tertiary/aromatic N) is 5. The lowest BCUT2D eigenvalue weighted by atomic mass is 10.1. The van der Waals surface area contributed by atoms with Crippen LogP contribution in [-0.2, 0) is 20.1 Å². The number of anilines is 2. The molecular weight excluding hydrogens is 438 g/mol. The Bertz CT molecular complexity index is 1140. The molecule has 0 aliphatic carbocycles. The maximum absolute atomic E-state index is 4.52. The van der Waals surface area contributed by atoms with Gasteiger partial charge < -0.3 is 9.80 Å². The highest BCUT2D eigenvalue weighted by Gasteiger charge is 2.17. The number of aromatic nitrogens is 1. The van der Waals surface area contributed by atoms with Crippen LogP contribution >= 0.6 is 11.3 Å². The van der Waals surface area contributed by atoms with E-state index in [9.17, 15) is 0 Å². The van der Waals surface area contributed by atoms with Crippen molar-refractivity contribution in [1.29, 1.82) is 0 Å². The van der Waals surface area contributed by atoms with Gasteiger partial charge in [0.15, 0.2) is 0 Å². The van der Waals surface area contributed by atoms with Crippen molar-refractivity contribution in [2.75, 3.05) is 22.9 Å². The van der Waals surface area contributed by atoms with E-state index in [2.05, 4.69) is 113 Å². The summed E-state index contributed by atoms with van der Waals surface area (Å²) in [6, 6.07) is 29.5. The molecule has 0 fully saturated rings. The van der Waals surface area contributed by atoms with E-state index in [1.54, 1.807) is 11.3 Å². The van der Waals surface area contributed by atoms with E-state index < -0.39 is 0 Å². The Balaban J connectivity index is 1.51. The van der Waals surface area contributed by atoms with Crippen LogP contribution in [0.15, 0.2) is 101 Å². The summed E-state index contributed by atoms with van der Waals surface area (Å²) in [5.41, 5.74) is 4.59. The molecule has 0 radical (unpaired) electrons. The maximum atomic E-state index is 4.52. The molecule has 0 aliphatic heterocycles. The fraction of sp³-hybridized carbons (Fsp3) is 0.250. The highest BCUT2D eigenvalue weighted by molar-refractivity contribution is 7.18. The van der Waals surface area contributed by atoms with Crippen molar-refractivity contribution < 1.29 is 4.57 Å². The van der Waals surface area contributed by atoms with Gasteiger partial charge in [-0.3, -0.25) is 0 Å². The summed E-state index contributed by atoms with van der Waals surface area (Å²) in [5, 5.41) is 11.1. The maximum Gasteiger partial charge on any atom is 0.410 e. The number of thiazole rings is 1. The lowest BCUT2D eigenvalue weighted by Gasteiger charge is -2.25. The molecule has 0 aliphatic rings. The zero-order valence-electron chi connectivity index (χ0n) is 20.1. The van der Waals surface area contributed by atoms with Crippen molar-refractivity contribution in [3.05, 3.63) is 102 Å². The standard InChI is InChI=1S/C28H32N5S/c1-4-32(5-2)27-22-31(3)28(34-27)30-29-25-16-18-26(19-17-25)33(20-23-12-8-6-9-13-23)21-24-14-10-7-11-15-24/h6-19,22H,4-5,20-21H2,1-3H3/q+1. The third kappa shape index (κ3) is 6.08. The predicted octanol–water partition coefficient (Wildman–Crippen LogP) is 7.04. The number of benzene rings is 3. The molecule has 1 aromatic heterocycles.